The minimum Gasteiger partial charge on any atom is -0.376 e. The second-order valence-electron chi connectivity index (χ2n) is 3.47. The summed E-state index contributed by atoms with van der Waals surface area (Å²) in [6.45, 7) is 1.88. The average molecular weight is 203 g/mol. The van der Waals surface area contributed by atoms with Gasteiger partial charge in [0.15, 0.2) is 0 Å². The van der Waals surface area contributed by atoms with Crippen LogP contribution in [0, 0.1) is 11.3 Å². The van der Waals surface area contributed by atoms with Crippen molar-refractivity contribution in [3.05, 3.63) is 35.4 Å². The van der Waals surface area contributed by atoms with Crippen molar-refractivity contribution in [2.75, 3.05) is 19.8 Å². The molecule has 1 aromatic carbocycles. The van der Waals surface area contributed by atoms with Gasteiger partial charge in [0.1, 0.15) is 6.10 Å². The van der Waals surface area contributed by atoms with E-state index in [0.717, 1.165) is 11.1 Å². The Bertz CT molecular complexity index is 364. The van der Waals surface area contributed by atoms with Gasteiger partial charge in [-0.3, -0.25) is 0 Å². The van der Waals surface area contributed by atoms with Crippen LogP contribution in [-0.2, 0) is 15.9 Å². The van der Waals surface area contributed by atoms with E-state index in [2.05, 4.69) is 6.07 Å². The third-order valence-corrected chi connectivity index (χ3v) is 2.49. The molecular formula is C12H13NO2. The molecule has 15 heavy (non-hydrogen) atoms. The fourth-order valence-corrected chi connectivity index (χ4v) is 1.76. The van der Waals surface area contributed by atoms with Crippen molar-refractivity contribution in [3.8, 4) is 6.07 Å². The lowest BCUT2D eigenvalue weighted by Gasteiger charge is -2.24. The summed E-state index contributed by atoms with van der Waals surface area (Å²) in [5.41, 5.74) is 2.12. The molecule has 3 heteroatoms. The molecular weight excluding hydrogens is 190 g/mol. The van der Waals surface area contributed by atoms with Gasteiger partial charge in [-0.1, -0.05) is 24.3 Å². The van der Waals surface area contributed by atoms with Gasteiger partial charge >= 0.3 is 0 Å². The van der Waals surface area contributed by atoms with Crippen molar-refractivity contribution in [2.24, 2.45) is 0 Å². The Hall–Kier alpha value is -1.37. The Kier molecular flexibility index (Phi) is 3.33. The zero-order valence-corrected chi connectivity index (χ0v) is 8.48. The molecule has 0 spiro atoms. The highest BCUT2D eigenvalue weighted by Gasteiger charge is 2.18. The van der Waals surface area contributed by atoms with E-state index in [9.17, 15) is 0 Å². The lowest BCUT2D eigenvalue weighted by molar-refractivity contribution is -0.0904. The van der Waals surface area contributed by atoms with Crippen LogP contribution in [0.25, 0.3) is 0 Å². The quantitative estimate of drug-likeness (QED) is 0.736. The van der Waals surface area contributed by atoms with Crippen LogP contribution in [0.1, 0.15) is 17.2 Å². The third-order valence-electron chi connectivity index (χ3n) is 2.49. The summed E-state index contributed by atoms with van der Waals surface area (Å²) in [6.07, 6.45) is 0.416. The molecule has 1 aliphatic heterocycles. The zero-order valence-electron chi connectivity index (χ0n) is 8.48. The first-order valence-corrected chi connectivity index (χ1v) is 5.06. The van der Waals surface area contributed by atoms with Gasteiger partial charge < -0.3 is 9.47 Å². The number of nitriles is 1. The molecule has 1 unspecified atom stereocenters. The molecule has 1 saturated heterocycles. The largest absolute Gasteiger partial charge is 0.376 e. The van der Waals surface area contributed by atoms with Gasteiger partial charge in [-0.2, -0.15) is 5.26 Å². The van der Waals surface area contributed by atoms with Crippen molar-refractivity contribution in [1.82, 2.24) is 0 Å². The van der Waals surface area contributed by atoms with Gasteiger partial charge in [-0.25, -0.2) is 0 Å². The highest BCUT2D eigenvalue weighted by molar-refractivity contribution is 5.31. The summed E-state index contributed by atoms with van der Waals surface area (Å²) >= 11 is 0. The Morgan fingerprint density at radius 2 is 2.20 bits per heavy atom. The topological polar surface area (TPSA) is 42.2 Å². The molecule has 3 nitrogen and oxygen atoms in total. The molecule has 78 valence electrons. The predicted molar refractivity (Wildman–Crippen MR) is 55.3 cm³/mol. The summed E-state index contributed by atoms with van der Waals surface area (Å²) in [5.74, 6) is 0. The first-order valence-electron chi connectivity index (χ1n) is 5.06. The number of ether oxygens (including phenoxy) is 2. The Morgan fingerprint density at radius 3 is 2.93 bits per heavy atom. The molecule has 0 aliphatic carbocycles. The first-order chi connectivity index (χ1) is 7.42. The Morgan fingerprint density at radius 1 is 1.33 bits per heavy atom. The molecule has 1 aliphatic rings. The van der Waals surface area contributed by atoms with Crippen molar-refractivity contribution >= 4 is 0 Å². The molecule has 1 fully saturated rings. The zero-order chi connectivity index (χ0) is 10.5. The molecule has 2 rings (SSSR count). The van der Waals surface area contributed by atoms with E-state index >= 15 is 0 Å². The van der Waals surface area contributed by atoms with Crippen LogP contribution < -0.4 is 0 Å². The van der Waals surface area contributed by atoms with E-state index in [-0.39, 0.29) is 6.10 Å². The van der Waals surface area contributed by atoms with Crippen LogP contribution in [0.3, 0.4) is 0 Å². The normalized spacial score (nSPS) is 20.9. The molecule has 0 aromatic heterocycles. The fourth-order valence-electron chi connectivity index (χ4n) is 1.76. The van der Waals surface area contributed by atoms with Crippen LogP contribution in [0.15, 0.2) is 24.3 Å². The van der Waals surface area contributed by atoms with Gasteiger partial charge in [0.25, 0.3) is 0 Å². The summed E-state index contributed by atoms with van der Waals surface area (Å²) < 4.78 is 11.0. The van der Waals surface area contributed by atoms with E-state index in [1.54, 1.807) is 0 Å². The lowest BCUT2D eigenvalue weighted by Crippen LogP contribution is -2.22. The Labute approximate surface area is 89.2 Å². The highest BCUT2D eigenvalue weighted by Crippen LogP contribution is 2.24. The van der Waals surface area contributed by atoms with Crippen LogP contribution in [-0.4, -0.2) is 19.8 Å². The monoisotopic (exact) mass is 203 g/mol. The van der Waals surface area contributed by atoms with E-state index in [0.29, 0.717) is 26.2 Å². The first kappa shape index (κ1) is 10.2. The van der Waals surface area contributed by atoms with Gasteiger partial charge in [0.2, 0.25) is 0 Å². The fraction of sp³-hybridized carbons (Fsp3) is 0.417. The molecule has 1 heterocycles. The number of benzene rings is 1. The minimum atomic E-state index is -0.0108. The number of nitrogens with zero attached hydrogens (tertiary/aromatic N) is 1. The summed E-state index contributed by atoms with van der Waals surface area (Å²) in [6, 6.07) is 10.1. The molecule has 0 N–H and O–H groups in total. The van der Waals surface area contributed by atoms with Gasteiger partial charge in [-0.15, -0.1) is 0 Å². The average Bonchev–Trinajstić information content (AvgIpc) is 2.31. The molecule has 1 aromatic rings. The highest BCUT2D eigenvalue weighted by atomic mass is 16.6. The molecule has 0 saturated carbocycles. The molecule has 0 radical (unpaired) electrons. The predicted octanol–water partition coefficient (Wildman–Crippen LogP) is 1.84. The number of rotatable bonds is 2. The lowest BCUT2D eigenvalue weighted by atomic mass is 10.0. The minimum absolute atomic E-state index is 0.0108. The molecule has 0 amide bonds. The van der Waals surface area contributed by atoms with Crippen molar-refractivity contribution in [1.29, 1.82) is 5.26 Å². The summed E-state index contributed by atoms with van der Waals surface area (Å²) in [5, 5.41) is 8.72. The van der Waals surface area contributed by atoms with Crippen molar-refractivity contribution in [3.63, 3.8) is 0 Å². The summed E-state index contributed by atoms with van der Waals surface area (Å²) in [7, 11) is 0. The van der Waals surface area contributed by atoms with Crippen molar-refractivity contribution in [2.45, 2.75) is 12.5 Å². The second-order valence-corrected chi connectivity index (χ2v) is 3.47. The van der Waals surface area contributed by atoms with Crippen LogP contribution >= 0.6 is 0 Å². The van der Waals surface area contributed by atoms with Crippen LogP contribution in [0.2, 0.25) is 0 Å². The van der Waals surface area contributed by atoms with Gasteiger partial charge in [0.05, 0.1) is 32.3 Å². The maximum absolute atomic E-state index is 8.72. The van der Waals surface area contributed by atoms with Crippen molar-refractivity contribution < 1.29 is 9.47 Å². The van der Waals surface area contributed by atoms with Gasteiger partial charge in [0, 0.05) is 0 Å². The molecule has 0 bridgehead atoms. The second kappa shape index (κ2) is 4.92. The Balaban J connectivity index is 2.21. The summed E-state index contributed by atoms with van der Waals surface area (Å²) in [4.78, 5) is 0. The maximum Gasteiger partial charge on any atom is 0.106 e. The van der Waals surface area contributed by atoms with E-state index in [1.807, 2.05) is 24.3 Å². The van der Waals surface area contributed by atoms with Crippen LogP contribution in [0.4, 0.5) is 0 Å². The maximum atomic E-state index is 8.72. The van der Waals surface area contributed by atoms with E-state index in [4.69, 9.17) is 14.7 Å². The van der Waals surface area contributed by atoms with E-state index < -0.39 is 0 Å². The SMILES string of the molecule is N#CCc1ccccc1C1COCCO1. The number of hydrogen-bond acceptors (Lipinski definition) is 3. The van der Waals surface area contributed by atoms with E-state index in [1.165, 1.54) is 0 Å². The standard InChI is InChI=1S/C12H13NO2/c13-6-5-10-3-1-2-4-11(10)12-9-14-7-8-15-12/h1-4,12H,5,7-9H2. The van der Waals surface area contributed by atoms with Crippen LogP contribution in [0.5, 0.6) is 0 Å². The smallest absolute Gasteiger partial charge is 0.106 e. The number of hydrogen-bond donors (Lipinski definition) is 0. The molecule has 1 atom stereocenters. The van der Waals surface area contributed by atoms with Gasteiger partial charge in [-0.05, 0) is 11.1 Å². The third kappa shape index (κ3) is 2.35.